The number of fused-ring (bicyclic) bond motifs is 5. The zero-order chi connectivity index (χ0) is 19.4. The first-order valence-electron chi connectivity index (χ1n) is 10.9. The van der Waals surface area contributed by atoms with E-state index in [9.17, 15) is 4.79 Å². The van der Waals surface area contributed by atoms with Gasteiger partial charge in [0.05, 0.1) is 5.71 Å². The highest BCUT2D eigenvalue weighted by atomic mass is 16.6. The second kappa shape index (κ2) is 6.43. The van der Waals surface area contributed by atoms with Gasteiger partial charge in [-0.25, -0.2) is 0 Å². The first-order valence-corrected chi connectivity index (χ1v) is 10.9. The van der Waals surface area contributed by atoms with Crippen molar-refractivity contribution < 1.29 is 9.63 Å². The van der Waals surface area contributed by atoms with E-state index < -0.39 is 5.60 Å². The van der Waals surface area contributed by atoms with Gasteiger partial charge in [0, 0.05) is 18.4 Å². The molecule has 0 spiro atoms. The lowest BCUT2D eigenvalue weighted by molar-refractivity contribution is -0.132. The molecule has 0 aromatic rings. The van der Waals surface area contributed by atoms with Gasteiger partial charge in [-0.3, -0.25) is 4.79 Å². The van der Waals surface area contributed by atoms with Gasteiger partial charge in [-0.1, -0.05) is 24.6 Å². The second-order valence-corrected chi connectivity index (χ2v) is 10.6. The molecule has 0 amide bonds. The molecule has 4 aliphatic rings. The van der Waals surface area contributed by atoms with Crippen LogP contribution in [0, 0.1) is 28.6 Å². The number of nitrogens with two attached hydrogens (primary N) is 1. The van der Waals surface area contributed by atoms with Gasteiger partial charge in [0.25, 0.3) is 0 Å². The van der Waals surface area contributed by atoms with Gasteiger partial charge < -0.3 is 10.6 Å². The summed E-state index contributed by atoms with van der Waals surface area (Å²) in [5, 5.41) is 4.44. The molecule has 3 unspecified atom stereocenters. The van der Waals surface area contributed by atoms with Gasteiger partial charge in [0.1, 0.15) is 11.4 Å². The van der Waals surface area contributed by atoms with Gasteiger partial charge in [-0.05, 0) is 88.0 Å². The van der Waals surface area contributed by atoms with Gasteiger partial charge in [0.15, 0.2) is 0 Å². The number of rotatable bonds is 3. The zero-order valence-corrected chi connectivity index (χ0v) is 17.5. The van der Waals surface area contributed by atoms with Crippen molar-refractivity contribution in [2.75, 3.05) is 6.54 Å². The Morgan fingerprint density at radius 1 is 1.11 bits per heavy atom. The fourth-order valence-electron chi connectivity index (χ4n) is 6.63. The van der Waals surface area contributed by atoms with E-state index in [1.165, 1.54) is 12.8 Å². The third kappa shape index (κ3) is 2.99. The van der Waals surface area contributed by atoms with E-state index in [4.69, 9.17) is 10.6 Å². The Morgan fingerprint density at radius 2 is 1.85 bits per heavy atom. The van der Waals surface area contributed by atoms with E-state index in [1.807, 2.05) is 13.8 Å². The molecule has 3 fully saturated rings. The molecule has 0 heterocycles. The maximum atomic E-state index is 12.5. The standard InChI is InChI=1S/C23H36N2O2/c1-21(2,14-24)27-25-16-9-11-22(3)15(13-16)5-6-17-18-7-8-20(26)23(18,4)12-10-19(17)22/h13,17-19H,5-12,14,24H2,1-4H3/b25-16+/t17?,18?,19?,22-,23-/m0/s1. The Balaban J connectivity index is 1.56. The minimum Gasteiger partial charge on any atom is -0.388 e. The number of hydrogen-bond acceptors (Lipinski definition) is 4. The first-order chi connectivity index (χ1) is 12.7. The quantitative estimate of drug-likeness (QED) is 0.735. The van der Waals surface area contributed by atoms with E-state index in [2.05, 4.69) is 25.1 Å². The molecule has 150 valence electrons. The lowest BCUT2D eigenvalue weighted by Gasteiger charge is -2.57. The molecule has 0 aromatic carbocycles. The van der Waals surface area contributed by atoms with Gasteiger partial charge in [-0.15, -0.1) is 0 Å². The van der Waals surface area contributed by atoms with E-state index in [1.54, 1.807) is 5.57 Å². The van der Waals surface area contributed by atoms with E-state index in [-0.39, 0.29) is 10.8 Å². The summed E-state index contributed by atoms with van der Waals surface area (Å²) >= 11 is 0. The molecule has 0 aliphatic heterocycles. The summed E-state index contributed by atoms with van der Waals surface area (Å²) in [6, 6.07) is 0. The van der Waals surface area contributed by atoms with Crippen LogP contribution in [0.4, 0.5) is 0 Å². The Kier molecular flexibility index (Phi) is 4.57. The molecule has 4 rings (SSSR count). The van der Waals surface area contributed by atoms with E-state index in [0.717, 1.165) is 56.1 Å². The Hall–Kier alpha value is -1.16. The molecule has 4 heteroatoms. The van der Waals surface area contributed by atoms with Crippen molar-refractivity contribution in [3.05, 3.63) is 11.6 Å². The number of oxime groups is 1. The summed E-state index contributed by atoms with van der Waals surface area (Å²) in [6.07, 6.45) is 11.1. The summed E-state index contributed by atoms with van der Waals surface area (Å²) < 4.78 is 0. The Bertz CT molecular complexity index is 694. The van der Waals surface area contributed by atoms with Gasteiger partial charge in [-0.2, -0.15) is 0 Å². The van der Waals surface area contributed by atoms with Crippen LogP contribution in [0.1, 0.15) is 79.1 Å². The molecule has 0 bridgehead atoms. The van der Waals surface area contributed by atoms with Crippen LogP contribution in [0.5, 0.6) is 0 Å². The SMILES string of the molecule is CC(C)(CN)O/N=C1/C=C2CCC3C(CC[C@]4(C)C(=O)CCC34)[C@@]2(C)CC1. The van der Waals surface area contributed by atoms with Gasteiger partial charge in [0.2, 0.25) is 0 Å². The number of nitrogens with zero attached hydrogens (tertiary/aromatic N) is 1. The maximum Gasteiger partial charge on any atom is 0.144 e. The van der Waals surface area contributed by atoms with Gasteiger partial charge >= 0.3 is 0 Å². The highest BCUT2D eigenvalue weighted by molar-refractivity contribution is 5.96. The lowest BCUT2D eigenvalue weighted by Crippen LogP contribution is -2.50. The van der Waals surface area contributed by atoms with Crippen LogP contribution in [0.2, 0.25) is 0 Å². The highest BCUT2D eigenvalue weighted by Crippen LogP contribution is 2.64. The molecule has 27 heavy (non-hydrogen) atoms. The molecule has 5 atom stereocenters. The summed E-state index contributed by atoms with van der Waals surface area (Å²) in [4.78, 5) is 18.2. The smallest absolute Gasteiger partial charge is 0.144 e. The van der Waals surface area contributed by atoms with Crippen molar-refractivity contribution in [2.24, 2.45) is 39.5 Å². The number of carbonyl (C=O) groups excluding carboxylic acids is 1. The van der Waals surface area contributed by atoms with Crippen molar-refractivity contribution in [3.8, 4) is 0 Å². The minimum absolute atomic E-state index is 0.0261. The lowest BCUT2D eigenvalue weighted by atomic mass is 9.47. The fraction of sp³-hybridized carbons (Fsp3) is 0.826. The summed E-state index contributed by atoms with van der Waals surface area (Å²) in [5.74, 6) is 2.61. The Morgan fingerprint density at radius 3 is 2.59 bits per heavy atom. The molecular formula is C23H36N2O2. The molecule has 0 radical (unpaired) electrons. The highest BCUT2D eigenvalue weighted by Gasteiger charge is 2.58. The molecule has 2 N–H and O–H groups in total. The average Bonchev–Trinajstić information content (AvgIpc) is 2.95. The first kappa shape index (κ1) is 19.2. The number of hydrogen-bond donors (Lipinski definition) is 1. The van der Waals surface area contributed by atoms with Crippen LogP contribution >= 0.6 is 0 Å². The van der Waals surface area contributed by atoms with Crippen LogP contribution < -0.4 is 5.73 Å². The predicted octanol–water partition coefficient (Wildman–Crippen LogP) is 4.63. The van der Waals surface area contributed by atoms with Crippen molar-refractivity contribution in [1.29, 1.82) is 0 Å². The molecule has 4 aliphatic carbocycles. The third-order valence-electron chi connectivity index (χ3n) is 8.59. The molecular weight excluding hydrogens is 336 g/mol. The number of carbonyl (C=O) groups is 1. The molecule has 0 aromatic heterocycles. The number of Topliss-reactive ketones (excluding diaryl/α,β-unsaturated/α-hetero) is 1. The number of ketones is 1. The fourth-order valence-corrected chi connectivity index (χ4v) is 6.63. The third-order valence-corrected chi connectivity index (χ3v) is 8.59. The minimum atomic E-state index is -0.410. The van der Waals surface area contributed by atoms with Crippen LogP contribution in [-0.2, 0) is 9.63 Å². The largest absolute Gasteiger partial charge is 0.388 e. The van der Waals surface area contributed by atoms with Crippen LogP contribution in [-0.4, -0.2) is 23.6 Å². The number of allylic oxidation sites excluding steroid dienone is 2. The monoisotopic (exact) mass is 372 g/mol. The normalized spacial score (nSPS) is 43.0. The molecule has 4 nitrogen and oxygen atoms in total. The van der Waals surface area contributed by atoms with E-state index in [0.29, 0.717) is 18.2 Å². The van der Waals surface area contributed by atoms with Crippen LogP contribution in [0.3, 0.4) is 0 Å². The summed E-state index contributed by atoms with van der Waals surface area (Å²) in [7, 11) is 0. The second-order valence-electron chi connectivity index (χ2n) is 10.6. The maximum absolute atomic E-state index is 12.5. The zero-order valence-electron chi connectivity index (χ0n) is 17.5. The molecule has 0 saturated heterocycles. The van der Waals surface area contributed by atoms with Crippen molar-refractivity contribution in [3.63, 3.8) is 0 Å². The summed E-state index contributed by atoms with van der Waals surface area (Å²) in [6.45, 7) is 9.16. The molecule has 3 saturated carbocycles. The van der Waals surface area contributed by atoms with Crippen molar-refractivity contribution in [1.82, 2.24) is 0 Å². The topological polar surface area (TPSA) is 64.7 Å². The van der Waals surface area contributed by atoms with Crippen molar-refractivity contribution >= 4 is 11.5 Å². The summed E-state index contributed by atoms with van der Waals surface area (Å²) in [5.41, 5.74) is 8.23. The average molecular weight is 373 g/mol. The van der Waals surface area contributed by atoms with Crippen LogP contribution in [0.15, 0.2) is 16.8 Å². The van der Waals surface area contributed by atoms with Crippen molar-refractivity contribution in [2.45, 2.75) is 84.7 Å². The predicted molar refractivity (Wildman–Crippen MR) is 108 cm³/mol. The van der Waals surface area contributed by atoms with Crippen LogP contribution in [0.25, 0.3) is 0 Å². The van der Waals surface area contributed by atoms with E-state index >= 15 is 0 Å². The Labute approximate surface area is 164 Å².